The van der Waals surface area contributed by atoms with E-state index in [1.54, 1.807) is 0 Å². The number of aliphatic hydroxyl groups is 1. The van der Waals surface area contributed by atoms with Gasteiger partial charge in [0.05, 0.1) is 12.8 Å². The summed E-state index contributed by atoms with van der Waals surface area (Å²) in [6.07, 6.45) is 1.67. The largest absolute Gasteiger partial charge is 0.512 e. The summed E-state index contributed by atoms with van der Waals surface area (Å²) in [6, 6.07) is 0. The number of carbonyl (C=O) groups is 1. The quantitative estimate of drug-likeness (QED) is 0.398. The predicted octanol–water partition coefficient (Wildman–Crippen LogP) is 1.23. The molecular weight excluding hydrogens is 170 g/mol. The number of hydrogen-bond donors (Lipinski definition) is 1. The first-order chi connectivity index (χ1) is 6.16. The topological polar surface area (TPSA) is 58.9 Å². The second-order valence-corrected chi connectivity index (χ2v) is 2.88. The molecule has 1 aliphatic heterocycles. The monoisotopic (exact) mass is 183 g/mol. The highest BCUT2D eigenvalue weighted by Gasteiger charge is 2.21. The number of carbonyl (C=O) groups excluding carboxylic acids is 1. The third-order valence-electron chi connectivity index (χ3n) is 1.91. The molecule has 13 heavy (non-hydrogen) atoms. The minimum absolute atomic E-state index is 0.0208. The number of ether oxygens (including phenoxy) is 1. The Morgan fingerprint density at radius 3 is 2.69 bits per heavy atom. The molecule has 1 N–H and O–H groups in total. The summed E-state index contributed by atoms with van der Waals surface area (Å²) in [4.78, 5) is 15.3. The van der Waals surface area contributed by atoms with Crippen LogP contribution >= 0.6 is 0 Å². The van der Waals surface area contributed by atoms with Crippen molar-refractivity contribution in [3.8, 4) is 0 Å². The van der Waals surface area contributed by atoms with Gasteiger partial charge < -0.3 is 9.84 Å². The van der Waals surface area contributed by atoms with Crippen LogP contribution in [0.25, 0.3) is 0 Å². The molecule has 0 aromatic rings. The van der Waals surface area contributed by atoms with E-state index in [4.69, 9.17) is 0 Å². The number of allylic oxidation sites excluding steroid dienone is 1. The molecule has 0 bridgehead atoms. The van der Waals surface area contributed by atoms with Crippen molar-refractivity contribution in [3.63, 3.8) is 0 Å². The van der Waals surface area contributed by atoms with E-state index >= 15 is 0 Å². The van der Waals surface area contributed by atoms with E-state index in [1.807, 2.05) is 0 Å². The lowest BCUT2D eigenvalue weighted by atomic mass is 10.1. The molecule has 0 saturated carbocycles. The van der Waals surface area contributed by atoms with Gasteiger partial charge in [0, 0.05) is 6.54 Å². The normalized spacial score (nSPS) is 17.8. The smallest absolute Gasteiger partial charge is 0.343 e. The first kappa shape index (κ1) is 9.77. The Morgan fingerprint density at radius 1 is 1.62 bits per heavy atom. The summed E-state index contributed by atoms with van der Waals surface area (Å²) in [6.45, 7) is 2.19. The van der Waals surface area contributed by atoms with E-state index < -0.39 is 5.97 Å². The van der Waals surface area contributed by atoms with Crippen LogP contribution in [0, 0.1) is 0 Å². The van der Waals surface area contributed by atoms with Crippen molar-refractivity contribution in [1.29, 1.82) is 0 Å². The Labute approximate surface area is 76.9 Å². The lowest BCUT2D eigenvalue weighted by molar-refractivity contribution is -0.135. The molecule has 0 amide bonds. The van der Waals surface area contributed by atoms with Gasteiger partial charge in [-0.2, -0.15) is 0 Å². The predicted molar refractivity (Wildman–Crippen MR) is 48.9 cm³/mol. The van der Waals surface area contributed by atoms with Crippen molar-refractivity contribution in [2.45, 2.75) is 19.8 Å². The number of nitrogens with zero attached hydrogens (tertiary/aromatic N) is 1. The van der Waals surface area contributed by atoms with E-state index in [0.29, 0.717) is 5.71 Å². The van der Waals surface area contributed by atoms with Crippen molar-refractivity contribution >= 4 is 11.7 Å². The van der Waals surface area contributed by atoms with Gasteiger partial charge >= 0.3 is 5.97 Å². The highest BCUT2D eigenvalue weighted by molar-refractivity contribution is 6.20. The standard InChI is InChI=1S/C9H13NO3/c1-6(11)8(9(12)13-2)7-4-3-5-10-7/h11H,3-5H2,1-2H3/b8-6-. The molecule has 0 aliphatic carbocycles. The van der Waals surface area contributed by atoms with Crippen LogP contribution in [0.3, 0.4) is 0 Å². The summed E-state index contributed by atoms with van der Waals surface area (Å²) in [5.74, 6) is -0.534. The van der Waals surface area contributed by atoms with Crippen molar-refractivity contribution in [3.05, 3.63) is 11.3 Å². The molecule has 0 saturated heterocycles. The lowest BCUT2D eigenvalue weighted by Crippen LogP contribution is -2.15. The zero-order chi connectivity index (χ0) is 9.84. The summed E-state index contributed by atoms with van der Waals surface area (Å²) >= 11 is 0. The van der Waals surface area contributed by atoms with Gasteiger partial charge in [-0.3, -0.25) is 4.99 Å². The van der Waals surface area contributed by atoms with Crippen molar-refractivity contribution in [2.24, 2.45) is 4.99 Å². The summed E-state index contributed by atoms with van der Waals surface area (Å²) in [7, 11) is 1.29. The maximum absolute atomic E-state index is 11.2. The molecule has 0 atom stereocenters. The van der Waals surface area contributed by atoms with Gasteiger partial charge in [0.2, 0.25) is 0 Å². The SMILES string of the molecule is COC(=O)/C(C1=NCCC1)=C(/C)O. The minimum Gasteiger partial charge on any atom is -0.512 e. The zero-order valence-electron chi connectivity index (χ0n) is 7.83. The second kappa shape index (κ2) is 4.07. The van der Waals surface area contributed by atoms with Gasteiger partial charge in [-0.05, 0) is 19.8 Å². The van der Waals surface area contributed by atoms with Gasteiger partial charge in [0.15, 0.2) is 0 Å². The fourth-order valence-corrected chi connectivity index (χ4v) is 1.32. The van der Waals surface area contributed by atoms with Crippen LogP contribution in [-0.4, -0.2) is 30.4 Å². The molecule has 1 heterocycles. The number of esters is 1. The van der Waals surface area contributed by atoms with Gasteiger partial charge in [-0.1, -0.05) is 0 Å². The van der Waals surface area contributed by atoms with Crippen LogP contribution in [0.1, 0.15) is 19.8 Å². The minimum atomic E-state index is -0.513. The van der Waals surface area contributed by atoms with Gasteiger partial charge in [0.1, 0.15) is 11.3 Å². The Hall–Kier alpha value is -1.32. The first-order valence-corrected chi connectivity index (χ1v) is 4.18. The number of aliphatic imine (C=N–C) groups is 1. The van der Waals surface area contributed by atoms with Crippen molar-refractivity contribution < 1.29 is 14.6 Å². The summed E-state index contributed by atoms with van der Waals surface area (Å²) < 4.78 is 4.55. The van der Waals surface area contributed by atoms with Gasteiger partial charge in [-0.25, -0.2) is 4.79 Å². The fraction of sp³-hybridized carbons (Fsp3) is 0.556. The van der Waals surface area contributed by atoms with Gasteiger partial charge in [0.25, 0.3) is 0 Å². The molecule has 4 nitrogen and oxygen atoms in total. The van der Waals surface area contributed by atoms with E-state index in [9.17, 15) is 9.90 Å². The third-order valence-corrected chi connectivity index (χ3v) is 1.91. The van der Waals surface area contributed by atoms with Crippen LogP contribution in [0.15, 0.2) is 16.3 Å². The number of methoxy groups -OCH3 is 1. The van der Waals surface area contributed by atoms with Crippen LogP contribution < -0.4 is 0 Å². The molecule has 0 aromatic heterocycles. The Balaban J connectivity index is 2.93. The molecule has 4 heteroatoms. The molecular formula is C9H13NO3. The Kier molecular flexibility index (Phi) is 3.06. The molecule has 0 unspecified atom stereocenters. The van der Waals surface area contributed by atoms with Crippen LogP contribution in [0.5, 0.6) is 0 Å². The maximum Gasteiger partial charge on any atom is 0.343 e. The molecule has 1 rings (SSSR count). The molecule has 0 spiro atoms. The first-order valence-electron chi connectivity index (χ1n) is 4.18. The summed E-state index contributed by atoms with van der Waals surface area (Å²) in [5, 5.41) is 9.27. The van der Waals surface area contributed by atoms with E-state index in [2.05, 4.69) is 9.73 Å². The van der Waals surface area contributed by atoms with Crippen LogP contribution in [-0.2, 0) is 9.53 Å². The fourth-order valence-electron chi connectivity index (χ4n) is 1.32. The molecule has 0 radical (unpaired) electrons. The van der Waals surface area contributed by atoms with E-state index in [1.165, 1.54) is 14.0 Å². The maximum atomic E-state index is 11.2. The van der Waals surface area contributed by atoms with Gasteiger partial charge in [-0.15, -0.1) is 0 Å². The Bertz CT molecular complexity index is 275. The van der Waals surface area contributed by atoms with Crippen molar-refractivity contribution in [2.75, 3.05) is 13.7 Å². The average Bonchev–Trinajstić information content (AvgIpc) is 2.56. The highest BCUT2D eigenvalue weighted by Crippen LogP contribution is 2.15. The lowest BCUT2D eigenvalue weighted by Gasteiger charge is -2.05. The average molecular weight is 183 g/mol. The highest BCUT2D eigenvalue weighted by atomic mass is 16.5. The second-order valence-electron chi connectivity index (χ2n) is 2.88. The molecule has 1 aliphatic rings. The molecule has 0 fully saturated rings. The molecule has 72 valence electrons. The summed E-state index contributed by atoms with van der Waals surface area (Å²) in [5.41, 5.74) is 0.881. The Morgan fingerprint density at radius 2 is 2.31 bits per heavy atom. The van der Waals surface area contributed by atoms with E-state index in [0.717, 1.165) is 19.4 Å². The number of hydrogen-bond acceptors (Lipinski definition) is 4. The van der Waals surface area contributed by atoms with Crippen molar-refractivity contribution in [1.82, 2.24) is 0 Å². The number of aliphatic hydroxyl groups excluding tert-OH is 1. The zero-order valence-corrected chi connectivity index (χ0v) is 7.83. The van der Waals surface area contributed by atoms with E-state index in [-0.39, 0.29) is 11.3 Å². The molecule has 0 aromatic carbocycles. The number of rotatable bonds is 2. The van der Waals surface area contributed by atoms with Crippen LogP contribution in [0.2, 0.25) is 0 Å². The van der Waals surface area contributed by atoms with Crippen LogP contribution in [0.4, 0.5) is 0 Å². The third kappa shape index (κ3) is 2.08.